The number of halogens is 2. The van der Waals surface area contributed by atoms with Gasteiger partial charge in [-0.3, -0.25) is 4.79 Å². The van der Waals surface area contributed by atoms with Crippen LogP contribution in [-0.2, 0) is 4.79 Å². The van der Waals surface area contributed by atoms with Gasteiger partial charge in [-0.05, 0) is 37.6 Å². The van der Waals surface area contributed by atoms with E-state index in [-0.39, 0.29) is 11.9 Å². The maximum Gasteiger partial charge on any atom is 0.241 e. The number of benzene rings is 1. The second kappa shape index (κ2) is 5.17. The molecule has 1 saturated heterocycles. The predicted octanol–water partition coefficient (Wildman–Crippen LogP) is 2.79. The molecule has 1 aliphatic rings. The summed E-state index contributed by atoms with van der Waals surface area (Å²) in [6, 6.07) is 5.31. The van der Waals surface area contributed by atoms with Crippen LogP contribution in [0.15, 0.2) is 22.7 Å². The lowest BCUT2D eigenvalue weighted by molar-refractivity contribution is -0.117. The van der Waals surface area contributed by atoms with Gasteiger partial charge in [-0.25, -0.2) is 0 Å². The molecule has 0 aliphatic carbocycles. The molecule has 2 rings (SSSR count). The van der Waals surface area contributed by atoms with Crippen molar-refractivity contribution in [2.75, 3.05) is 11.9 Å². The molecule has 1 aliphatic heterocycles. The third-order valence-electron chi connectivity index (χ3n) is 2.56. The van der Waals surface area contributed by atoms with E-state index < -0.39 is 0 Å². The van der Waals surface area contributed by atoms with Crippen LogP contribution in [0, 0.1) is 0 Å². The van der Waals surface area contributed by atoms with Crippen molar-refractivity contribution in [1.82, 2.24) is 5.32 Å². The van der Waals surface area contributed by atoms with E-state index in [9.17, 15) is 4.79 Å². The largest absolute Gasteiger partial charge is 0.323 e. The topological polar surface area (TPSA) is 41.1 Å². The Morgan fingerprint density at radius 1 is 1.56 bits per heavy atom. The van der Waals surface area contributed by atoms with Gasteiger partial charge in [0.25, 0.3) is 0 Å². The summed E-state index contributed by atoms with van der Waals surface area (Å²) in [5, 5.41) is 6.52. The Bertz CT molecular complexity index is 405. The van der Waals surface area contributed by atoms with Crippen LogP contribution in [0.3, 0.4) is 0 Å². The van der Waals surface area contributed by atoms with Crippen LogP contribution in [0.2, 0.25) is 5.02 Å². The Morgan fingerprint density at radius 2 is 2.38 bits per heavy atom. The number of anilines is 1. The molecule has 86 valence electrons. The summed E-state index contributed by atoms with van der Waals surface area (Å²) < 4.78 is 0.895. The first kappa shape index (κ1) is 11.9. The minimum absolute atomic E-state index is 0.0162. The normalized spacial score (nSPS) is 19.8. The van der Waals surface area contributed by atoms with Gasteiger partial charge < -0.3 is 10.6 Å². The van der Waals surface area contributed by atoms with Gasteiger partial charge in [-0.15, -0.1) is 0 Å². The Labute approximate surface area is 108 Å². The lowest BCUT2D eigenvalue weighted by Crippen LogP contribution is -2.35. The highest BCUT2D eigenvalue weighted by atomic mass is 79.9. The summed E-state index contributed by atoms with van der Waals surface area (Å²) in [5.41, 5.74) is 0.648. The van der Waals surface area contributed by atoms with Gasteiger partial charge in [-0.2, -0.15) is 0 Å². The summed E-state index contributed by atoms with van der Waals surface area (Å²) in [4.78, 5) is 11.8. The molecular weight excluding hydrogens is 291 g/mol. The van der Waals surface area contributed by atoms with Crippen molar-refractivity contribution >= 4 is 39.1 Å². The van der Waals surface area contributed by atoms with Crippen molar-refractivity contribution < 1.29 is 4.79 Å². The fourth-order valence-electron chi connectivity index (χ4n) is 1.72. The first-order valence-electron chi connectivity index (χ1n) is 5.16. The Kier molecular flexibility index (Phi) is 3.84. The number of carbonyl (C=O) groups is 1. The molecule has 3 nitrogen and oxygen atoms in total. The van der Waals surface area contributed by atoms with E-state index in [1.807, 2.05) is 6.07 Å². The molecule has 1 aromatic rings. The van der Waals surface area contributed by atoms with Gasteiger partial charge >= 0.3 is 0 Å². The molecule has 0 spiro atoms. The molecule has 1 aromatic carbocycles. The summed E-state index contributed by atoms with van der Waals surface area (Å²) in [7, 11) is 0. The molecule has 0 saturated carbocycles. The average Bonchev–Trinajstić information content (AvgIpc) is 2.76. The van der Waals surface area contributed by atoms with Gasteiger partial charge in [0, 0.05) is 4.47 Å². The third-order valence-corrected chi connectivity index (χ3v) is 3.39. The van der Waals surface area contributed by atoms with Gasteiger partial charge in [0.1, 0.15) is 0 Å². The second-order valence-electron chi connectivity index (χ2n) is 3.76. The van der Waals surface area contributed by atoms with Crippen molar-refractivity contribution in [2.45, 2.75) is 18.9 Å². The molecule has 0 aromatic heterocycles. The monoisotopic (exact) mass is 302 g/mol. The van der Waals surface area contributed by atoms with Crippen LogP contribution in [-0.4, -0.2) is 18.5 Å². The first-order valence-corrected chi connectivity index (χ1v) is 6.33. The van der Waals surface area contributed by atoms with Crippen molar-refractivity contribution in [3.63, 3.8) is 0 Å². The predicted molar refractivity (Wildman–Crippen MR) is 68.8 cm³/mol. The minimum atomic E-state index is -0.0879. The summed E-state index contributed by atoms with van der Waals surface area (Å²) in [6.07, 6.45) is 1.93. The van der Waals surface area contributed by atoms with Crippen LogP contribution in [0.25, 0.3) is 0 Å². The maximum atomic E-state index is 11.8. The van der Waals surface area contributed by atoms with E-state index in [1.54, 1.807) is 12.1 Å². The summed E-state index contributed by atoms with van der Waals surface area (Å²) >= 11 is 9.34. The van der Waals surface area contributed by atoms with Crippen LogP contribution < -0.4 is 10.6 Å². The standard InChI is InChI=1S/C11H12BrClN2O/c12-7-3-4-8(13)10(6-7)15-11(16)9-2-1-5-14-9/h3-4,6,9,14H,1-2,5H2,(H,15,16)/t9-/m0/s1. The van der Waals surface area contributed by atoms with Crippen molar-refractivity contribution in [1.29, 1.82) is 0 Å². The quantitative estimate of drug-likeness (QED) is 0.882. The molecule has 0 unspecified atom stereocenters. The fraction of sp³-hybridized carbons (Fsp3) is 0.364. The van der Waals surface area contributed by atoms with Crippen LogP contribution in [0.5, 0.6) is 0 Å². The molecule has 0 bridgehead atoms. The minimum Gasteiger partial charge on any atom is -0.323 e. The average molecular weight is 304 g/mol. The maximum absolute atomic E-state index is 11.8. The Balaban J connectivity index is 2.07. The third kappa shape index (κ3) is 2.75. The second-order valence-corrected chi connectivity index (χ2v) is 5.09. The molecule has 5 heteroatoms. The van der Waals surface area contributed by atoms with Crippen molar-refractivity contribution in [3.05, 3.63) is 27.7 Å². The van der Waals surface area contributed by atoms with Crippen LogP contribution in [0.1, 0.15) is 12.8 Å². The molecule has 1 heterocycles. The smallest absolute Gasteiger partial charge is 0.241 e. The highest BCUT2D eigenvalue weighted by Gasteiger charge is 2.22. The summed E-state index contributed by atoms with van der Waals surface area (Å²) in [6.45, 7) is 0.907. The van der Waals surface area contributed by atoms with Gasteiger partial charge in [-0.1, -0.05) is 27.5 Å². The van der Waals surface area contributed by atoms with Crippen molar-refractivity contribution in [2.24, 2.45) is 0 Å². The molecule has 2 N–H and O–H groups in total. The van der Waals surface area contributed by atoms with Crippen molar-refractivity contribution in [3.8, 4) is 0 Å². The number of hydrogen-bond acceptors (Lipinski definition) is 2. The fourth-order valence-corrected chi connectivity index (χ4v) is 2.25. The van der Waals surface area contributed by atoms with Crippen LogP contribution in [0.4, 0.5) is 5.69 Å². The first-order chi connectivity index (χ1) is 7.66. The van der Waals surface area contributed by atoms with Gasteiger partial charge in [0.05, 0.1) is 16.8 Å². The lowest BCUT2D eigenvalue weighted by atomic mass is 10.2. The molecule has 1 atom stereocenters. The number of hydrogen-bond donors (Lipinski definition) is 2. The van der Waals surface area contributed by atoms with E-state index in [0.717, 1.165) is 23.9 Å². The SMILES string of the molecule is O=C(Nc1cc(Br)ccc1Cl)[C@@H]1CCCN1. The van der Waals surface area contributed by atoms with E-state index in [4.69, 9.17) is 11.6 Å². The molecule has 1 amide bonds. The van der Waals surface area contributed by atoms with E-state index in [0.29, 0.717) is 10.7 Å². The van der Waals surface area contributed by atoms with E-state index >= 15 is 0 Å². The lowest BCUT2D eigenvalue weighted by Gasteiger charge is -2.12. The molecule has 16 heavy (non-hydrogen) atoms. The van der Waals surface area contributed by atoms with Crippen LogP contribution >= 0.6 is 27.5 Å². The molecule has 1 fully saturated rings. The number of rotatable bonds is 2. The number of nitrogens with one attached hydrogen (secondary N) is 2. The molecule has 0 radical (unpaired) electrons. The Hall–Kier alpha value is -0.580. The highest BCUT2D eigenvalue weighted by Crippen LogP contribution is 2.26. The zero-order valence-electron chi connectivity index (χ0n) is 8.59. The van der Waals surface area contributed by atoms with Gasteiger partial charge in [0.15, 0.2) is 0 Å². The van der Waals surface area contributed by atoms with Gasteiger partial charge in [0.2, 0.25) is 5.91 Å². The van der Waals surface area contributed by atoms with E-state index in [1.165, 1.54) is 0 Å². The number of carbonyl (C=O) groups excluding carboxylic acids is 1. The van der Waals surface area contributed by atoms with E-state index in [2.05, 4.69) is 26.6 Å². The number of amides is 1. The summed E-state index contributed by atoms with van der Waals surface area (Å²) in [5.74, 6) is -0.0162. The zero-order chi connectivity index (χ0) is 11.5. The Morgan fingerprint density at radius 3 is 3.06 bits per heavy atom. The zero-order valence-corrected chi connectivity index (χ0v) is 10.9. The highest BCUT2D eigenvalue weighted by molar-refractivity contribution is 9.10. The molecular formula is C11H12BrClN2O.